The second-order valence-corrected chi connectivity index (χ2v) is 9.58. The molecule has 0 spiro atoms. The number of benzene rings is 1. The molecule has 0 atom stereocenters. The molecule has 1 aliphatic carbocycles. The number of hydrogen-bond acceptors (Lipinski definition) is 6. The van der Waals surface area contributed by atoms with Gasteiger partial charge in [-0.15, -0.1) is 0 Å². The number of nitrogens with zero attached hydrogens (tertiary/aromatic N) is 5. The van der Waals surface area contributed by atoms with Crippen molar-refractivity contribution in [2.75, 3.05) is 5.32 Å². The third-order valence-corrected chi connectivity index (χ3v) is 7.16. The molecule has 0 aliphatic heterocycles. The molecule has 0 bridgehead atoms. The van der Waals surface area contributed by atoms with E-state index in [1.807, 2.05) is 18.2 Å². The summed E-state index contributed by atoms with van der Waals surface area (Å²) in [6, 6.07) is 12.3. The molecule has 0 amide bonds. The zero-order valence-electron chi connectivity index (χ0n) is 20.4. The molecule has 1 aromatic carbocycles. The molecule has 186 valence electrons. The van der Waals surface area contributed by atoms with Gasteiger partial charge in [0.15, 0.2) is 11.5 Å². The van der Waals surface area contributed by atoms with E-state index in [1.54, 1.807) is 36.9 Å². The van der Waals surface area contributed by atoms with Crippen LogP contribution < -0.4 is 5.32 Å². The Morgan fingerprint density at radius 2 is 1.87 bits per heavy atom. The molecular formula is C29H23FN8. The molecule has 7 rings (SSSR count). The Kier molecular flexibility index (Phi) is 5.21. The smallest absolute Gasteiger partial charge is 0.178 e. The molecule has 38 heavy (non-hydrogen) atoms. The molecule has 3 N–H and O–H groups in total. The van der Waals surface area contributed by atoms with E-state index < -0.39 is 0 Å². The molecule has 5 aromatic heterocycles. The highest BCUT2D eigenvalue weighted by Gasteiger charge is 2.21. The van der Waals surface area contributed by atoms with E-state index >= 15 is 0 Å². The maximum Gasteiger partial charge on any atom is 0.178 e. The minimum Gasteiger partial charge on any atom is -0.358 e. The first kappa shape index (κ1) is 22.3. The highest BCUT2D eigenvalue weighted by atomic mass is 19.1. The van der Waals surface area contributed by atoms with Crippen LogP contribution in [0.3, 0.4) is 0 Å². The van der Waals surface area contributed by atoms with Crippen molar-refractivity contribution in [3.8, 4) is 33.9 Å². The largest absolute Gasteiger partial charge is 0.358 e. The Morgan fingerprint density at radius 3 is 2.68 bits per heavy atom. The first-order valence-electron chi connectivity index (χ1n) is 12.5. The maximum atomic E-state index is 13.5. The Labute approximate surface area is 217 Å². The summed E-state index contributed by atoms with van der Waals surface area (Å²) in [6.07, 6.45) is 10.7. The van der Waals surface area contributed by atoms with E-state index in [9.17, 15) is 4.39 Å². The quantitative estimate of drug-likeness (QED) is 0.240. The van der Waals surface area contributed by atoms with Gasteiger partial charge in [0.25, 0.3) is 0 Å². The Balaban J connectivity index is 1.26. The van der Waals surface area contributed by atoms with Crippen LogP contribution in [0.15, 0.2) is 79.5 Å². The second kappa shape index (κ2) is 8.88. The highest BCUT2D eigenvalue weighted by molar-refractivity contribution is 5.96. The second-order valence-electron chi connectivity index (χ2n) is 9.58. The number of H-pyrrole nitrogens is 2. The average Bonchev–Trinajstić information content (AvgIpc) is 3.52. The number of allylic oxidation sites excluding steroid dienone is 1. The fourth-order valence-corrected chi connectivity index (χ4v) is 4.84. The fourth-order valence-electron chi connectivity index (χ4n) is 4.84. The van der Waals surface area contributed by atoms with Crippen molar-refractivity contribution in [1.82, 2.24) is 35.1 Å². The molecule has 1 fully saturated rings. The van der Waals surface area contributed by atoms with Crippen molar-refractivity contribution in [2.24, 2.45) is 5.92 Å². The van der Waals surface area contributed by atoms with Crippen molar-refractivity contribution in [2.45, 2.75) is 19.3 Å². The predicted octanol–water partition coefficient (Wildman–Crippen LogP) is 6.49. The number of aromatic amines is 2. The molecule has 1 saturated carbocycles. The number of nitrogens with one attached hydrogen (secondary N) is 3. The molecule has 5 heterocycles. The Hall–Kier alpha value is -4.92. The number of fused-ring (bicyclic) bond motifs is 2. The first-order valence-corrected chi connectivity index (χ1v) is 12.5. The molecule has 8 nitrogen and oxygen atoms in total. The lowest BCUT2D eigenvalue weighted by atomic mass is 9.83. The molecule has 1 aliphatic rings. The Morgan fingerprint density at radius 1 is 1.00 bits per heavy atom. The molecular weight excluding hydrogens is 479 g/mol. The van der Waals surface area contributed by atoms with Gasteiger partial charge in [-0.2, -0.15) is 5.10 Å². The van der Waals surface area contributed by atoms with Crippen LogP contribution >= 0.6 is 0 Å². The van der Waals surface area contributed by atoms with Gasteiger partial charge in [-0.1, -0.05) is 25.1 Å². The summed E-state index contributed by atoms with van der Waals surface area (Å²) in [6.45, 7) is 4.20. The number of anilines is 1. The summed E-state index contributed by atoms with van der Waals surface area (Å²) in [5.74, 6) is 0.830. The van der Waals surface area contributed by atoms with Crippen LogP contribution in [0, 0.1) is 11.7 Å². The van der Waals surface area contributed by atoms with Crippen LogP contribution in [0.5, 0.6) is 0 Å². The summed E-state index contributed by atoms with van der Waals surface area (Å²) < 4.78 is 13.5. The number of halogens is 1. The number of aromatic nitrogens is 7. The summed E-state index contributed by atoms with van der Waals surface area (Å²) in [5.41, 5.74) is 8.10. The summed E-state index contributed by atoms with van der Waals surface area (Å²) in [7, 11) is 0. The van der Waals surface area contributed by atoms with Gasteiger partial charge in [0, 0.05) is 34.6 Å². The zero-order valence-corrected chi connectivity index (χ0v) is 20.4. The standard InChI is InChI=1S/C29H23FN8/c1-16(17-3-2-4-17)34-21-11-19(13-31-14-21)24-12-23-25(15-33-24)37-38-27(23)29-35-26-22(9-10-32-28(26)36-29)18-5-7-20(30)8-6-18/h5-15,17,34H,1-4H2,(H,37,38)(H,32,35,36). The summed E-state index contributed by atoms with van der Waals surface area (Å²) >= 11 is 0. The van der Waals surface area contributed by atoms with Gasteiger partial charge in [0.1, 0.15) is 11.5 Å². The predicted molar refractivity (Wildman–Crippen MR) is 146 cm³/mol. The SMILES string of the molecule is C=C(Nc1cncc(-c2cc3c(-c4nc5nccc(-c6ccc(F)cc6)c5[nH]4)n[nH]c3cn2)c1)C1CCC1. The van der Waals surface area contributed by atoms with E-state index in [4.69, 9.17) is 4.98 Å². The fraction of sp³-hybridized carbons (Fsp3) is 0.138. The monoisotopic (exact) mass is 502 g/mol. The topological polar surface area (TPSA) is 108 Å². The highest BCUT2D eigenvalue weighted by Crippen LogP contribution is 2.34. The normalized spacial score (nSPS) is 13.6. The van der Waals surface area contributed by atoms with E-state index in [2.05, 4.69) is 42.0 Å². The van der Waals surface area contributed by atoms with Crippen LogP contribution in [-0.4, -0.2) is 35.1 Å². The van der Waals surface area contributed by atoms with Crippen LogP contribution in [0.4, 0.5) is 10.1 Å². The number of imidazole rings is 1. The van der Waals surface area contributed by atoms with Gasteiger partial charge < -0.3 is 10.3 Å². The van der Waals surface area contributed by atoms with Crippen LogP contribution in [0.25, 0.3) is 56.0 Å². The summed E-state index contributed by atoms with van der Waals surface area (Å²) in [5, 5.41) is 11.9. The first-order chi connectivity index (χ1) is 18.6. The van der Waals surface area contributed by atoms with Crippen molar-refractivity contribution < 1.29 is 4.39 Å². The van der Waals surface area contributed by atoms with Crippen molar-refractivity contribution in [3.05, 3.63) is 85.3 Å². The van der Waals surface area contributed by atoms with Crippen molar-refractivity contribution in [3.63, 3.8) is 0 Å². The van der Waals surface area contributed by atoms with E-state index in [1.165, 1.54) is 31.4 Å². The minimum atomic E-state index is -0.281. The van der Waals surface area contributed by atoms with E-state index in [0.717, 1.165) is 50.2 Å². The number of rotatable bonds is 6. The number of hydrogen-bond donors (Lipinski definition) is 3. The lowest BCUT2D eigenvalue weighted by molar-refractivity contribution is 0.371. The number of pyridine rings is 3. The van der Waals surface area contributed by atoms with E-state index in [0.29, 0.717) is 23.1 Å². The molecule has 0 unspecified atom stereocenters. The van der Waals surface area contributed by atoms with Gasteiger partial charge >= 0.3 is 0 Å². The van der Waals surface area contributed by atoms with Gasteiger partial charge in [-0.05, 0) is 54.7 Å². The molecule has 0 radical (unpaired) electrons. The molecule has 0 saturated heterocycles. The van der Waals surface area contributed by atoms with Gasteiger partial charge in [0.05, 0.1) is 34.8 Å². The molecule has 9 heteroatoms. The summed E-state index contributed by atoms with van der Waals surface area (Å²) in [4.78, 5) is 21.6. The third-order valence-electron chi connectivity index (χ3n) is 7.16. The lowest BCUT2D eigenvalue weighted by Crippen LogP contribution is -2.18. The van der Waals surface area contributed by atoms with Gasteiger partial charge in [0.2, 0.25) is 0 Å². The van der Waals surface area contributed by atoms with E-state index in [-0.39, 0.29) is 5.82 Å². The van der Waals surface area contributed by atoms with Crippen LogP contribution in [0.2, 0.25) is 0 Å². The van der Waals surface area contributed by atoms with Crippen molar-refractivity contribution in [1.29, 1.82) is 0 Å². The average molecular weight is 503 g/mol. The van der Waals surface area contributed by atoms with Crippen molar-refractivity contribution >= 4 is 27.8 Å². The van der Waals surface area contributed by atoms with Gasteiger partial charge in [-0.3, -0.25) is 15.1 Å². The lowest BCUT2D eigenvalue weighted by Gasteiger charge is -2.28. The van der Waals surface area contributed by atoms with Gasteiger partial charge in [-0.25, -0.2) is 14.4 Å². The van der Waals surface area contributed by atoms with Crippen LogP contribution in [-0.2, 0) is 0 Å². The maximum absolute atomic E-state index is 13.5. The van der Waals surface area contributed by atoms with Crippen LogP contribution in [0.1, 0.15) is 19.3 Å². The minimum absolute atomic E-state index is 0.281. The third kappa shape index (κ3) is 3.88. The zero-order chi connectivity index (χ0) is 25.6. The Bertz CT molecular complexity index is 1810. The molecule has 6 aromatic rings.